The number of carbonyl (C=O) groups is 2. The average molecular weight is 332 g/mol. The van der Waals surface area contributed by atoms with Crippen LogP contribution in [0.4, 0.5) is 0 Å². The molecule has 1 aromatic heterocycles. The van der Waals surface area contributed by atoms with Gasteiger partial charge in [0.05, 0.1) is 5.69 Å². The summed E-state index contributed by atoms with van der Waals surface area (Å²) in [5, 5.41) is 2.90. The van der Waals surface area contributed by atoms with Crippen molar-refractivity contribution >= 4 is 11.8 Å². The van der Waals surface area contributed by atoms with Crippen LogP contribution in [0, 0.1) is 0 Å². The van der Waals surface area contributed by atoms with Crippen molar-refractivity contribution in [2.45, 2.75) is 64.8 Å². The molecule has 0 atom stereocenters. The van der Waals surface area contributed by atoms with Gasteiger partial charge in [-0.05, 0) is 38.5 Å². The third-order valence-electron chi connectivity index (χ3n) is 4.95. The second-order valence-corrected chi connectivity index (χ2v) is 6.80. The fraction of sp³-hybridized carbons (Fsp3) is 0.722. The van der Waals surface area contributed by atoms with Crippen molar-refractivity contribution in [3.63, 3.8) is 0 Å². The summed E-state index contributed by atoms with van der Waals surface area (Å²) in [6.45, 7) is 5.06. The number of nitrogens with one attached hydrogen (secondary N) is 1. The van der Waals surface area contributed by atoms with Crippen LogP contribution in [0.5, 0.6) is 0 Å². The molecule has 1 aromatic rings. The first kappa shape index (κ1) is 17.0. The molecule has 2 aliphatic rings. The molecule has 1 fully saturated rings. The molecule has 1 N–H and O–H groups in total. The molecule has 6 nitrogen and oxygen atoms in total. The summed E-state index contributed by atoms with van der Waals surface area (Å²) in [6.07, 6.45) is 8.31. The van der Waals surface area contributed by atoms with E-state index in [2.05, 4.69) is 10.3 Å². The lowest BCUT2D eigenvalue weighted by Gasteiger charge is -2.22. The fourth-order valence-corrected chi connectivity index (χ4v) is 3.63. The number of imidazole rings is 1. The monoisotopic (exact) mass is 332 g/mol. The van der Waals surface area contributed by atoms with Crippen LogP contribution in [-0.4, -0.2) is 45.9 Å². The maximum Gasteiger partial charge on any atom is 0.289 e. The smallest absolute Gasteiger partial charge is 0.289 e. The molecule has 2 amide bonds. The Bertz CT molecular complexity index is 600. The summed E-state index contributed by atoms with van der Waals surface area (Å²) in [5.74, 6) is 0.320. The van der Waals surface area contributed by atoms with Gasteiger partial charge in [0, 0.05) is 26.2 Å². The van der Waals surface area contributed by atoms with Crippen molar-refractivity contribution in [2.24, 2.45) is 0 Å². The first-order chi connectivity index (χ1) is 11.7. The zero-order valence-corrected chi connectivity index (χ0v) is 14.6. The van der Waals surface area contributed by atoms with Gasteiger partial charge in [0.15, 0.2) is 5.82 Å². The Hall–Kier alpha value is -1.85. The second kappa shape index (κ2) is 7.81. The van der Waals surface area contributed by atoms with E-state index in [0.29, 0.717) is 18.1 Å². The van der Waals surface area contributed by atoms with Gasteiger partial charge >= 0.3 is 0 Å². The van der Waals surface area contributed by atoms with Crippen molar-refractivity contribution in [3.05, 3.63) is 17.2 Å². The van der Waals surface area contributed by atoms with Crippen LogP contribution in [0.15, 0.2) is 0 Å². The molecule has 0 saturated carbocycles. The molecular formula is C18H28N4O2. The van der Waals surface area contributed by atoms with Crippen LogP contribution in [0.25, 0.3) is 0 Å². The summed E-state index contributed by atoms with van der Waals surface area (Å²) in [7, 11) is 0. The SMILES string of the molecule is CCCNC(=O)c1nc(C(=O)N2CCCCCC2)n2c1CCCC2. The van der Waals surface area contributed by atoms with E-state index >= 15 is 0 Å². The van der Waals surface area contributed by atoms with Gasteiger partial charge in [0.25, 0.3) is 11.8 Å². The summed E-state index contributed by atoms with van der Waals surface area (Å²) >= 11 is 0. The van der Waals surface area contributed by atoms with E-state index in [0.717, 1.165) is 63.9 Å². The highest BCUT2D eigenvalue weighted by Gasteiger charge is 2.29. The summed E-state index contributed by atoms with van der Waals surface area (Å²) in [5.41, 5.74) is 1.40. The first-order valence-electron chi connectivity index (χ1n) is 9.39. The number of carbonyl (C=O) groups excluding carboxylic acids is 2. The zero-order valence-electron chi connectivity index (χ0n) is 14.6. The molecule has 3 rings (SSSR count). The minimum atomic E-state index is -0.141. The number of hydrogen-bond donors (Lipinski definition) is 1. The summed E-state index contributed by atoms with van der Waals surface area (Å²) in [4.78, 5) is 31.8. The number of likely N-dealkylation sites (tertiary alicyclic amines) is 1. The number of fused-ring (bicyclic) bond motifs is 1. The van der Waals surface area contributed by atoms with Crippen molar-refractivity contribution in [1.29, 1.82) is 0 Å². The molecule has 2 aliphatic heterocycles. The topological polar surface area (TPSA) is 67.2 Å². The van der Waals surface area contributed by atoms with Crippen LogP contribution in [0.2, 0.25) is 0 Å². The van der Waals surface area contributed by atoms with Gasteiger partial charge in [0.2, 0.25) is 0 Å². The Morgan fingerprint density at radius 3 is 2.46 bits per heavy atom. The largest absolute Gasteiger partial charge is 0.351 e. The third-order valence-corrected chi connectivity index (χ3v) is 4.95. The lowest BCUT2D eigenvalue weighted by molar-refractivity contribution is 0.0743. The zero-order chi connectivity index (χ0) is 16.9. The van der Waals surface area contributed by atoms with Gasteiger partial charge in [-0.2, -0.15) is 0 Å². The van der Waals surface area contributed by atoms with Crippen LogP contribution in [0.1, 0.15) is 78.7 Å². The molecule has 132 valence electrons. The number of nitrogens with zero attached hydrogens (tertiary/aromatic N) is 3. The lowest BCUT2D eigenvalue weighted by Crippen LogP contribution is -2.34. The molecule has 3 heterocycles. The minimum Gasteiger partial charge on any atom is -0.351 e. The molecule has 0 radical (unpaired) electrons. The van der Waals surface area contributed by atoms with E-state index in [1.54, 1.807) is 0 Å². The Morgan fingerprint density at radius 2 is 1.75 bits per heavy atom. The van der Waals surface area contributed by atoms with Crippen LogP contribution in [-0.2, 0) is 13.0 Å². The standard InChI is InChI=1S/C18H28N4O2/c1-2-10-19-17(23)15-14-9-5-8-13-22(14)16(20-15)18(24)21-11-6-3-4-7-12-21/h2-13H2,1H3,(H,19,23). The molecule has 0 bridgehead atoms. The van der Waals surface area contributed by atoms with Crippen molar-refractivity contribution in [2.75, 3.05) is 19.6 Å². The van der Waals surface area contributed by atoms with Gasteiger partial charge in [0.1, 0.15) is 5.69 Å². The molecule has 0 spiro atoms. The molecule has 0 aliphatic carbocycles. The van der Waals surface area contributed by atoms with E-state index in [-0.39, 0.29) is 11.8 Å². The van der Waals surface area contributed by atoms with Gasteiger partial charge in [-0.15, -0.1) is 0 Å². The van der Waals surface area contributed by atoms with E-state index < -0.39 is 0 Å². The average Bonchev–Trinajstić information content (AvgIpc) is 2.79. The molecular weight excluding hydrogens is 304 g/mol. The van der Waals surface area contributed by atoms with E-state index in [9.17, 15) is 9.59 Å². The quantitative estimate of drug-likeness (QED) is 0.920. The minimum absolute atomic E-state index is 0.00501. The second-order valence-electron chi connectivity index (χ2n) is 6.80. The van der Waals surface area contributed by atoms with E-state index in [4.69, 9.17) is 0 Å². The number of rotatable bonds is 4. The Kier molecular flexibility index (Phi) is 5.53. The molecule has 0 unspecified atom stereocenters. The number of amides is 2. The Balaban J connectivity index is 1.88. The van der Waals surface area contributed by atoms with Crippen molar-refractivity contribution < 1.29 is 9.59 Å². The van der Waals surface area contributed by atoms with Crippen molar-refractivity contribution in [3.8, 4) is 0 Å². The van der Waals surface area contributed by atoms with E-state index in [1.807, 2.05) is 16.4 Å². The number of aromatic nitrogens is 2. The fourth-order valence-electron chi connectivity index (χ4n) is 3.63. The van der Waals surface area contributed by atoms with Crippen LogP contribution >= 0.6 is 0 Å². The van der Waals surface area contributed by atoms with E-state index in [1.165, 1.54) is 12.8 Å². The summed E-state index contributed by atoms with van der Waals surface area (Å²) in [6, 6.07) is 0. The normalized spacial score (nSPS) is 18.0. The van der Waals surface area contributed by atoms with Crippen LogP contribution < -0.4 is 5.32 Å². The Labute approximate surface area is 143 Å². The van der Waals surface area contributed by atoms with Gasteiger partial charge in [-0.1, -0.05) is 19.8 Å². The highest BCUT2D eigenvalue weighted by atomic mass is 16.2. The molecule has 1 saturated heterocycles. The highest BCUT2D eigenvalue weighted by Crippen LogP contribution is 2.23. The van der Waals surface area contributed by atoms with Gasteiger partial charge < -0.3 is 14.8 Å². The van der Waals surface area contributed by atoms with Crippen LogP contribution in [0.3, 0.4) is 0 Å². The predicted molar refractivity (Wildman–Crippen MR) is 92.2 cm³/mol. The molecule has 0 aromatic carbocycles. The maximum atomic E-state index is 13.0. The van der Waals surface area contributed by atoms with Gasteiger partial charge in [-0.25, -0.2) is 4.98 Å². The first-order valence-corrected chi connectivity index (χ1v) is 9.39. The number of hydrogen-bond acceptors (Lipinski definition) is 3. The Morgan fingerprint density at radius 1 is 1.04 bits per heavy atom. The van der Waals surface area contributed by atoms with Crippen molar-refractivity contribution in [1.82, 2.24) is 19.8 Å². The third kappa shape index (κ3) is 3.47. The van der Waals surface area contributed by atoms with Gasteiger partial charge in [-0.3, -0.25) is 9.59 Å². The highest BCUT2D eigenvalue weighted by molar-refractivity contribution is 5.97. The predicted octanol–water partition coefficient (Wildman–Crippen LogP) is 2.38. The lowest BCUT2D eigenvalue weighted by atomic mass is 10.1. The summed E-state index contributed by atoms with van der Waals surface area (Å²) < 4.78 is 2.00. The molecule has 24 heavy (non-hydrogen) atoms. The maximum absolute atomic E-state index is 13.0. The molecule has 6 heteroatoms.